The molecule has 3 N–H and O–H groups in total. The van der Waals surface area contributed by atoms with Crippen molar-refractivity contribution < 1.29 is 12.9 Å². The summed E-state index contributed by atoms with van der Waals surface area (Å²) >= 11 is 0. The Labute approximate surface area is 44.8 Å². The van der Waals surface area contributed by atoms with Crippen LogP contribution in [0.1, 0.15) is 0 Å². The van der Waals surface area contributed by atoms with Crippen LogP contribution in [0.2, 0.25) is 0 Å². The number of nitrogens with one attached hydrogen (secondary N) is 1. The van der Waals surface area contributed by atoms with Gasteiger partial charge in [-0.25, -0.2) is 0 Å². The van der Waals surface area contributed by atoms with E-state index < -0.39 is 14.8 Å². The van der Waals surface area contributed by atoms with Gasteiger partial charge in [-0.05, 0) is 4.91 Å². The summed E-state index contributed by atoms with van der Waals surface area (Å²) in [5.41, 5.74) is 4.80. The van der Waals surface area contributed by atoms with Crippen LogP contribution in [0.25, 0.3) is 0 Å². The predicted octanol–water partition coefficient (Wildman–Crippen LogP) is -1.08. The highest BCUT2D eigenvalue weighted by Crippen LogP contribution is 1.80. The summed E-state index contributed by atoms with van der Waals surface area (Å²) in [5, 5.41) is 6.57. The van der Waals surface area contributed by atoms with E-state index in [-0.39, 0.29) is 0 Å². The van der Waals surface area contributed by atoms with Gasteiger partial charge in [0.15, 0.2) is 0 Å². The van der Waals surface area contributed by atoms with Gasteiger partial charge in [0.25, 0.3) is 5.96 Å². The first-order valence-corrected chi connectivity index (χ1v) is 2.96. The molecule has 1 aromatic rings. The van der Waals surface area contributed by atoms with E-state index in [1.807, 2.05) is 0 Å². The van der Waals surface area contributed by atoms with Crippen LogP contribution in [0.4, 0.5) is 0 Å². The van der Waals surface area contributed by atoms with E-state index in [1.165, 1.54) is 0 Å². The van der Waals surface area contributed by atoms with Crippen LogP contribution in [0, 0.1) is 5.41 Å². The summed E-state index contributed by atoms with van der Waals surface area (Å²) in [7, 11) is -2.33. The number of nitrogen functional groups attached to an aromatic ring is 1. The lowest BCUT2D eigenvalue weighted by Gasteiger charge is -1.97. The first kappa shape index (κ1) is 5.03. The van der Waals surface area contributed by atoms with Gasteiger partial charge in [-0.15, -0.1) is 0 Å². The Hall–Kier alpha value is -1.11. The molecule has 1 aromatic heterocycles. The van der Waals surface area contributed by atoms with Gasteiger partial charge in [0.05, 0.1) is 0 Å². The van der Waals surface area contributed by atoms with Crippen molar-refractivity contribution in [3.05, 3.63) is 0 Å². The predicted molar refractivity (Wildman–Crippen MR) is 22.7 cm³/mol. The quantitative estimate of drug-likeness (QED) is 0.267. The minimum atomic E-state index is -2.33. The smallest absolute Gasteiger partial charge is 0.365 e. The van der Waals surface area contributed by atoms with E-state index in [0.717, 1.165) is 0 Å². The molecule has 0 amide bonds. The van der Waals surface area contributed by atoms with Crippen molar-refractivity contribution in [1.82, 2.24) is 4.91 Å². The lowest BCUT2D eigenvalue weighted by Crippen LogP contribution is -2.24. The summed E-state index contributed by atoms with van der Waals surface area (Å²) in [6, 6.07) is 0. The molecular weight excluding hydrogens is 130 g/mol. The molecular formula is CH3N3O3Si. The fourth-order valence-corrected chi connectivity index (χ4v) is 0.722. The van der Waals surface area contributed by atoms with E-state index in [2.05, 4.69) is 8.41 Å². The Bertz CT molecular complexity index is 226. The molecule has 0 spiro atoms. The number of rotatable bonds is 0. The van der Waals surface area contributed by atoms with Gasteiger partial charge in [-0.1, -0.05) is 0 Å². The average Bonchev–Trinajstić information content (AvgIpc) is 1.57. The van der Waals surface area contributed by atoms with E-state index >= 15 is 0 Å². The van der Waals surface area contributed by atoms with Gasteiger partial charge in [0, 0.05) is 0 Å². The minimum absolute atomic E-state index is 0.408. The van der Waals surface area contributed by atoms with Crippen molar-refractivity contribution >= 4 is 14.8 Å². The molecule has 0 aromatic carbocycles. The largest absolute Gasteiger partial charge is 0.825 e. The van der Waals surface area contributed by atoms with Crippen LogP contribution < -0.4 is 5.73 Å². The Morgan fingerprint density at radius 2 is 2.25 bits per heavy atom. The minimum Gasteiger partial charge on any atom is -0.365 e. The number of hydrogen-bond donors (Lipinski definition) is 2. The second-order valence-electron chi connectivity index (χ2n) is 1.07. The fraction of sp³-hybridized carbons (Fsp3) is 0. The molecule has 1 rings (SSSR count). The second kappa shape index (κ2) is 1.44. The van der Waals surface area contributed by atoms with Crippen LogP contribution in [0.5, 0.6) is 0 Å². The Morgan fingerprint density at radius 3 is 2.38 bits per heavy atom. The molecule has 0 fully saturated rings. The maximum Gasteiger partial charge on any atom is 0.825 e. The number of nitrogens with two attached hydrogens (primary N) is 1. The average molecular weight is 133 g/mol. The summed E-state index contributed by atoms with van der Waals surface area (Å²) in [6.07, 6.45) is 0. The molecule has 8 heavy (non-hydrogen) atoms. The Morgan fingerprint density at radius 1 is 1.75 bits per heavy atom. The van der Waals surface area contributed by atoms with Crippen molar-refractivity contribution in [2.45, 2.75) is 0 Å². The zero-order valence-electron chi connectivity index (χ0n) is 3.75. The molecule has 7 heteroatoms. The van der Waals surface area contributed by atoms with Gasteiger partial charge in [-0.2, -0.15) is 0 Å². The molecule has 0 radical (unpaired) electrons. The normalized spacial score (nSPS) is 9.50. The summed E-state index contributed by atoms with van der Waals surface area (Å²) < 4.78 is 18.4. The fourth-order valence-electron chi connectivity index (χ4n) is 0.241. The zero-order chi connectivity index (χ0) is 6.15. The lowest BCUT2D eigenvalue weighted by atomic mass is 11.1. The molecule has 0 aliphatic carbocycles. The van der Waals surface area contributed by atoms with Crippen molar-refractivity contribution in [2.75, 3.05) is 0 Å². The summed E-state index contributed by atoms with van der Waals surface area (Å²) in [4.78, 5) is 0.585. The molecule has 0 unspecified atom stereocenters. The molecule has 0 saturated carbocycles. The van der Waals surface area contributed by atoms with E-state index in [9.17, 15) is 4.46 Å². The molecule has 0 bridgehead atoms. The standard InChI is InChI=1S/CH3N3O3Si/c2-1(3)4-6-8(5)7-4/h(H3,2,3). The summed E-state index contributed by atoms with van der Waals surface area (Å²) in [5.74, 6) is -0.408. The maximum atomic E-state index is 9.96. The lowest BCUT2D eigenvalue weighted by molar-refractivity contribution is 0.0921. The monoisotopic (exact) mass is 133 g/mol. The number of nitrogens with zero attached hydrogens (tertiary/aromatic N) is 1. The third kappa shape index (κ3) is 0.623. The molecule has 0 aliphatic heterocycles. The van der Waals surface area contributed by atoms with Gasteiger partial charge in [0.1, 0.15) is 0 Å². The van der Waals surface area contributed by atoms with E-state index in [1.54, 1.807) is 0 Å². The zero-order valence-corrected chi connectivity index (χ0v) is 4.75. The van der Waals surface area contributed by atoms with Crippen LogP contribution in [-0.4, -0.2) is 19.7 Å². The van der Waals surface area contributed by atoms with Crippen LogP contribution in [0.15, 0.2) is 8.41 Å². The maximum absolute atomic E-state index is 9.96. The highest BCUT2D eigenvalue weighted by molar-refractivity contribution is 6.14. The molecule has 0 aliphatic rings. The molecule has 0 saturated heterocycles. The van der Waals surface area contributed by atoms with Crippen LogP contribution in [0.3, 0.4) is 0 Å². The highest BCUT2D eigenvalue weighted by atomic mass is 28.2. The van der Waals surface area contributed by atoms with Crippen LogP contribution in [-0.2, 0) is 4.46 Å². The number of hydrogen-bond acceptors (Lipinski definition) is 4. The third-order valence-corrected chi connectivity index (χ3v) is 1.14. The molecule has 44 valence electrons. The van der Waals surface area contributed by atoms with Crippen molar-refractivity contribution in [1.29, 1.82) is 5.41 Å². The van der Waals surface area contributed by atoms with Crippen LogP contribution >= 0.6 is 0 Å². The topological polar surface area (TPSA) is 98.1 Å². The van der Waals surface area contributed by atoms with Gasteiger partial charge in [-0.3, -0.25) is 9.87 Å². The molecule has 6 nitrogen and oxygen atoms in total. The first-order valence-electron chi connectivity index (χ1n) is 1.74. The molecule has 1 heterocycles. The highest BCUT2D eigenvalue weighted by Gasteiger charge is 2.06. The molecule has 0 atom stereocenters. The van der Waals surface area contributed by atoms with Gasteiger partial charge in [0.2, 0.25) is 0 Å². The Kier molecular flexibility index (Phi) is 0.905. The van der Waals surface area contributed by atoms with Crippen molar-refractivity contribution in [2.24, 2.45) is 5.73 Å². The van der Waals surface area contributed by atoms with Crippen molar-refractivity contribution in [3.63, 3.8) is 0 Å². The number of aromatic nitrogens is 1. The second-order valence-corrected chi connectivity index (χ2v) is 1.94. The summed E-state index contributed by atoms with van der Waals surface area (Å²) in [6.45, 7) is 0. The SMILES string of the molecule is N=C(N)n1o[si](=O)o1. The van der Waals surface area contributed by atoms with E-state index in [4.69, 9.17) is 11.1 Å². The van der Waals surface area contributed by atoms with Gasteiger partial charge < -0.3 is 14.1 Å². The third-order valence-electron chi connectivity index (χ3n) is 0.512. The van der Waals surface area contributed by atoms with Gasteiger partial charge >= 0.3 is 8.80 Å². The van der Waals surface area contributed by atoms with Crippen molar-refractivity contribution in [3.8, 4) is 0 Å². The first-order chi connectivity index (χ1) is 3.70. The Balaban J connectivity index is 2.88. The van der Waals surface area contributed by atoms with E-state index in [0.29, 0.717) is 4.91 Å².